The molecule has 1 N–H and O–H groups in total. The fourth-order valence-electron chi connectivity index (χ4n) is 2.39. The van der Waals surface area contributed by atoms with Gasteiger partial charge in [0, 0.05) is 6.04 Å². The lowest BCUT2D eigenvalue weighted by molar-refractivity contribution is -0.137. The topological polar surface area (TPSA) is 47.6 Å². The van der Waals surface area contributed by atoms with E-state index in [0.717, 1.165) is 31.4 Å². The molecule has 0 bridgehead atoms. The quantitative estimate of drug-likeness (QED) is 0.477. The van der Waals surface area contributed by atoms with Gasteiger partial charge in [0.1, 0.15) is 6.26 Å². The van der Waals surface area contributed by atoms with Gasteiger partial charge in [0.2, 0.25) is 17.4 Å². The minimum atomic E-state index is -4.48. The minimum Gasteiger partial charge on any atom is -0.497 e. The zero-order chi connectivity index (χ0) is 18.0. The predicted molar refractivity (Wildman–Crippen MR) is 84.9 cm³/mol. The van der Waals surface area contributed by atoms with Crippen molar-refractivity contribution in [3.8, 4) is 0 Å². The Labute approximate surface area is 143 Å². The highest BCUT2D eigenvalue weighted by Gasteiger charge is 2.37. The molecule has 25 heavy (non-hydrogen) atoms. The summed E-state index contributed by atoms with van der Waals surface area (Å²) in [6, 6.07) is 4.86. The number of allylic oxidation sites excluding steroid dienone is 1. The van der Waals surface area contributed by atoms with Crippen LogP contribution in [0.2, 0.25) is 0 Å². The number of benzene rings is 1. The van der Waals surface area contributed by atoms with Gasteiger partial charge in [-0.2, -0.15) is 13.2 Å². The van der Waals surface area contributed by atoms with Crippen molar-refractivity contribution < 1.29 is 27.4 Å². The average molecular weight is 353 g/mol. The molecule has 1 aromatic carbocycles. The van der Waals surface area contributed by atoms with Crippen molar-refractivity contribution in [1.82, 2.24) is 5.32 Å². The second-order valence-electron chi connectivity index (χ2n) is 5.99. The largest absolute Gasteiger partial charge is 0.497 e. The number of ether oxygens (including phenoxy) is 2. The fraction of sp³-hybridized carbons (Fsp3) is 0.389. The third kappa shape index (κ3) is 3.97. The normalized spacial score (nSPS) is 19.4. The first-order valence-corrected chi connectivity index (χ1v) is 8.13. The van der Waals surface area contributed by atoms with E-state index in [1.165, 1.54) is 18.4 Å². The van der Waals surface area contributed by atoms with Gasteiger partial charge in [0.15, 0.2) is 0 Å². The summed E-state index contributed by atoms with van der Waals surface area (Å²) >= 11 is 0. The molecule has 0 amide bonds. The lowest BCUT2D eigenvalue weighted by atomic mass is 10.00. The number of carbonyl (C=O) groups excluding carboxylic acids is 1. The van der Waals surface area contributed by atoms with Crippen LogP contribution in [0.1, 0.15) is 37.3 Å². The van der Waals surface area contributed by atoms with Crippen LogP contribution in [-0.2, 0) is 20.4 Å². The van der Waals surface area contributed by atoms with Gasteiger partial charge in [-0.15, -0.1) is 0 Å². The highest BCUT2D eigenvalue weighted by atomic mass is 19.4. The van der Waals surface area contributed by atoms with E-state index < -0.39 is 17.5 Å². The van der Waals surface area contributed by atoms with Gasteiger partial charge in [-0.3, -0.25) is 4.79 Å². The smallest absolute Gasteiger partial charge is 0.416 e. The molecule has 1 heterocycles. The zero-order valence-electron chi connectivity index (χ0n) is 13.7. The van der Waals surface area contributed by atoms with Crippen molar-refractivity contribution in [3.05, 3.63) is 53.3 Å². The fourth-order valence-corrected chi connectivity index (χ4v) is 2.39. The average Bonchev–Trinajstić information content (AvgIpc) is 3.32. The molecule has 0 saturated heterocycles. The number of nitrogens with one attached hydrogen (secondary N) is 1. The van der Waals surface area contributed by atoms with Crippen LogP contribution >= 0.6 is 0 Å². The van der Waals surface area contributed by atoms with Gasteiger partial charge in [-0.05, 0) is 37.0 Å². The van der Waals surface area contributed by atoms with Crippen LogP contribution in [0.3, 0.4) is 0 Å². The number of ketones is 1. The molecule has 4 nitrogen and oxygen atoms in total. The van der Waals surface area contributed by atoms with E-state index in [4.69, 9.17) is 9.47 Å². The van der Waals surface area contributed by atoms with Crippen molar-refractivity contribution in [2.75, 3.05) is 6.61 Å². The first-order valence-electron chi connectivity index (χ1n) is 8.13. The van der Waals surface area contributed by atoms with Crippen molar-refractivity contribution >= 4 is 11.4 Å². The van der Waals surface area contributed by atoms with Crippen LogP contribution in [0, 0.1) is 0 Å². The second-order valence-corrected chi connectivity index (χ2v) is 5.99. The minimum absolute atomic E-state index is 0.0241. The molecular weight excluding hydrogens is 335 g/mol. The van der Waals surface area contributed by atoms with Crippen molar-refractivity contribution in [2.24, 2.45) is 0 Å². The SMILES string of the molecule is CCCO/C=C1/OC(NC2CC2)=C(c2cccc(C(F)(F)F)c2)C1=O. The van der Waals surface area contributed by atoms with Gasteiger partial charge in [0.05, 0.1) is 17.7 Å². The third-order valence-electron chi connectivity index (χ3n) is 3.79. The molecule has 1 aliphatic carbocycles. The third-order valence-corrected chi connectivity index (χ3v) is 3.79. The summed E-state index contributed by atoms with van der Waals surface area (Å²) in [6.07, 6.45) is -0.628. The molecule has 0 unspecified atom stereocenters. The first kappa shape index (κ1) is 17.4. The van der Waals surface area contributed by atoms with Crippen molar-refractivity contribution in [3.63, 3.8) is 0 Å². The van der Waals surface area contributed by atoms with E-state index in [0.29, 0.717) is 6.61 Å². The van der Waals surface area contributed by atoms with E-state index >= 15 is 0 Å². The predicted octanol–water partition coefficient (Wildman–Crippen LogP) is 3.99. The Morgan fingerprint density at radius 2 is 2.12 bits per heavy atom. The van der Waals surface area contributed by atoms with Crippen LogP contribution in [0.4, 0.5) is 13.2 Å². The van der Waals surface area contributed by atoms with Crippen LogP contribution in [0.15, 0.2) is 42.2 Å². The molecule has 0 radical (unpaired) electrons. The lowest BCUT2D eigenvalue weighted by Crippen LogP contribution is -2.16. The molecular formula is C18H18F3NO3. The standard InChI is InChI=1S/C18H18F3NO3/c1-2-8-24-10-14-16(23)15(17(25-14)22-13-6-7-13)11-4-3-5-12(9-11)18(19,20)21/h3-5,9-10,13,22H,2,6-8H2,1H3/b14-10+. The highest BCUT2D eigenvalue weighted by molar-refractivity contribution is 6.30. The number of hydrogen-bond acceptors (Lipinski definition) is 4. The first-order chi connectivity index (χ1) is 11.9. The van der Waals surface area contributed by atoms with E-state index in [2.05, 4.69) is 5.32 Å². The van der Waals surface area contributed by atoms with Crippen molar-refractivity contribution in [1.29, 1.82) is 0 Å². The molecule has 0 spiro atoms. The molecule has 1 aliphatic heterocycles. The van der Waals surface area contributed by atoms with Crippen molar-refractivity contribution in [2.45, 2.75) is 38.4 Å². The van der Waals surface area contributed by atoms with Crippen LogP contribution in [-0.4, -0.2) is 18.4 Å². The molecule has 0 aromatic heterocycles. The second kappa shape index (κ2) is 6.82. The van der Waals surface area contributed by atoms with Gasteiger partial charge < -0.3 is 14.8 Å². The van der Waals surface area contributed by atoms with Crippen LogP contribution < -0.4 is 5.32 Å². The Morgan fingerprint density at radius 1 is 1.36 bits per heavy atom. The number of Topliss-reactive ketones (excluding diaryl/α,β-unsaturated/α-hetero) is 1. The number of halogens is 3. The maximum absolute atomic E-state index is 13.0. The molecule has 1 fully saturated rings. The summed E-state index contributed by atoms with van der Waals surface area (Å²) in [5.74, 6) is -0.319. The summed E-state index contributed by atoms with van der Waals surface area (Å²) in [5.41, 5.74) is -0.540. The number of carbonyl (C=O) groups is 1. The van der Waals surface area contributed by atoms with Gasteiger partial charge in [0.25, 0.3) is 0 Å². The van der Waals surface area contributed by atoms with E-state index in [1.54, 1.807) is 0 Å². The van der Waals surface area contributed by atoms with Crippen LogP contribution in [0.5, 0.6) is 0 Å². The molecule has 2 aliphatic rings. The van der Waals surface area contributed by atoms with Gasteiger partial charge >= 0.3 is 6.18 Å². The Hall–Kier alpha value is -2.44. The summed E-state index contributed by atoms with van der Waals surface area (Å²) < 4.78 is 49.7. The monoisotopic (exact) mass is 353 g/mol. The van der Waals surface area contributed by atoms with E-state index in [1.807, 2.05) is 6.92 Å². The molecule has 3 rings (SSSR count). The number of alkyl halides is 3. The summed E-state index contributed by atoms with van der Waals surface area (Å²) in [7, 11) is 0. The van der Waals surface area contributed by atoms with E-state index in [9.17, 15) is 18.0 Å². The van der Waals surface area contributed by atoms with Gasteiger partial charge in [-0.1, -0.05) is 19.1 Å². The van der Waals surface area contributed by atoms with Gasteiger partial charge in [-0.25, -0.2) is 0 Å². The van der Waals surface area contributed by atoms with Crippen LogP contribution in [0.25, 0.3) is 5.57 Å². The molecule has 0 atom stereocenters. The Bertz CT molecular complexity index is 733. The maximum atomic E-state index is 13.0. The molecule has 1 aromatic rings. The summed E-state index contributed by atoms with van der Waals surface area (Å²) in [5, 5.41) is 3.07. The molecule has 1 saturated carbocycles. The molecule has 134 valence electrons. The number of rotatable bonds is 6. The zero-order valence-corrected chi connectivity index (χ0v) is 13.7. The Balaban J connectivity index is 1.94. The lowest BCUT2D eigenvalue weighted by Gasteiger charge is -2.10. The van der Waals surface area contributed by atoms with E-state index in [-0.39, 0.29) is 28.8 Å². The number of hydrogen-bond donors (Lipinski definition) is 1. The highest BCUT2D eigenvalue weighted by Crippen LogP contribution is 2.36. The Kier molecular flexibility index (Phi) is 4.74. The Morgan fingerprint density at radius 3 is 2.76 bits per heavy atom. The molecule has 7 heteroatoms. The summed E-state index contributed by atoms with van der Waals surface area (Å²) in [4.78, 5) is 12.6. The summed E-state index contributed by atoms with van der Waals surface area (Å²) in [6.45, 7) is 2.34. The maximum Gasteiger partial charge on any atom is 0.416 e.